The van der Waals surface area contributed by atoms with Crippen LogP contribution in [-0.2, 0) is 4.79 Å². The average molecular weight is 292 g/mol. The Morgan fingerprint density at radius 1 is 1.33 bits per heavy atom. The van der Waals surface area contributed by atoms with Crippen molar-refractivity contribution in [2.45, 2.75) is 32.4 Å². The number of aliphatic hydroxyl groups is 1. The number of aliphatic hydroxyl groups excluding tert-OH is 1. The Hall–Kier alpha value is -2.08. The normalized spacial score (nSPS) is 21.4. The number of rotatable bonds is 3. The molecule has 6 nitrogen and oxygen atoms in total. The van der Waals surface area contributed by atoms with E-state index in [2.05, 4.69) is 0 Å². The SMILES string of the molecule is CCN(C(=O)N1CC(O)CC1C(=O)O)c1ccc(C)cc1. The van der Waals surface area contributed by atoms with Crippen LogP contribution >= 0.6 is 0 Å². The zero-order chi connectivity index (χ0) is 15.6. The van der Waals surface area contributed by atoms with E-state index in [0.717, 1.165) is 11.3 Å². The first kappa shape index (κ1) is 15.3. The summed E-state index contributed by atoms with van der Waals surface area (Å²) in [6, 6.07) is 6.12. The van der Waals surface area contributed by atoms with Gasteiger partial charge in [-0.1, -0.05) is 17.7 Å². The van der Waals surface area contributed by atoms with Gasteiger partial charge in [0.25, 0.3) is 0 Å². The molecule has 1 fully saturated rings. The summed E-state index contributed by atoms with van der Waals surface area (Å²) in [6.45, 7) is 4.28. The van der Waals surface area contributed by atoms with E-state index in [0.29, 0.717) is 6.54 Å². The van der Waals surface area contributed by atoms with Gasteiger partial charge in [0, 0.05) is 25.2 Å². The first-order valence-electron chi connectivity index (χ1n) is 6.99. The highest BCUT2D eigenvalue weighted by Gasteiger charge is 2.40. The Morgan fingerprint density at radius 3 is 2.48 bits per heavy atom. The fourth-order valence-electron chi connectivity index (χ4n) is 2.57. The third kappa shape index (κ3) is 3.16. The van der Waals surface area contributed by atoms with Crippen LogP contribution in [0.4, 0.5) is 10.5 Å². The maximum absolute atomic E-state index is 12.6. The number of carboxylic acids is 1. The predicted octanol–water partition coefficient (Wildman–Crippen LogP) is 1.46. The van der Waals surface area contributed by atoms with Crippen molar-refractivity contribution < 1.29 is 19.8 Å². The summed E-state index contributed by atoms with van der Waals surface area (Å²) in [5.74, 6) is -1.08. The zero-order valence-electron chi connectivity index (χ0n) is 12.2. The molecule has 2 unspecified atom stereocenters. The Morgan fingerprint density at radius 2 is 1.95 bits per heavy atom. The van der Waals surface area contributed by atoms with E-state index in [-0.39, 0.29) is 19.0 Å². The average Bonchev–Trinajstić information content (AvgIpc) is 2.84. The number of hydrogen-bond donors (Lipinski definition) is 2. The summed E-state index contributed by atoms with van der Waals surface area (Å²) in [4.78, 5) is 26.6. The fraction of sp³-hybridized carbons (Fsp3) is 0.467. The molecule has 1 aliphatic rings. The highest BCUT2D eigenvalue weighted by Crippen LogP contribution is 2.23. The molecule has 0 aliphatic carbocycles. The molecule has 0 aromatic heterocycles. The number of carboxylic acid groups (broad SMARTS) is 1. The van der Waals surface area contributed by atoms with Crippen molar-refractivity contribution >= 4 is 17.7 Å². The summed E-state index contributed by atoms with van der Waals surface area (Å²) >= 11 is 0. The minimum Gasteiger partial charge on any atom is -0.480 e. The molecule has 1 saturated heterocycles. The summed E-state index contributed by atoms with van der Waals surface area (Å²) in [7, 11) is 0. The van der Waals surface area contributed by atoms with Crippen LogP contribution in [0, 0.1) is 6.92 Å². The molecule has 6 heteroatoms. The Bertz CT molecular complexity index is 529. The van der Waals surface area contributed by atoms with Gasteiger partial charge >= 0.3 is 12.0 Å². The number of anilines is 1. The lowest BCUT2D eigenvalue weighted by atomic mass is 10.2. The highest BCUT2D eigenvalue weighted by molar-refractivity contribution is 5.94. The number of amides is 2. The number of urea groups is 1. The first-order chi connectivity index (χ1) is 9.93. The van der Waals surface area contributed by atoms with Crippen LogP contribution in [0.1, 0.15) is 18.9 Å². The van der Waals surface area contributed by atoms with Crippen LogP contribution in [0.25, 0.3) is 0 Å². The number of nitrogens with zero attached hydrogens (tertiary/aromatic N) is 2. The number of carbonyl (C=O) groups excluding carboxylic acids is 1. The summed E-state index contributed by atoms with van der Waals surface area (Å²) in [6.07, 6.45) is -0.709. The topological polar surface area (TPSA) is 81.1 Å². The Balaban J connectivity index is 2.23. The lowest BCUT2D eigenvalue weighted by Gasteiger charge is -2.29. The van der Waals surface area contributed by atoms with Crippen LogP contribution < -0.4 is 4.90 Å². The van der Waals surface area contributed by atoms with E-state index in [1.165, 1.54) is 9.80 Å². The van der Waals surface area contributed by atoms with Crippen molar-refractivity contribution in [3.05, 3.63) is 29.8 Å². The van der Waals surface area contributed by atoms with E-state index in [1.54, 1.807) is 0 Å². The molecule has 0 bridgehead atoms. The van der Waals surface area contributed by atoms with Crippen molar-refractivity contribution in [1.29, 1.82) is 0 Å². The van der Waals surface area contributed by atoms with E-state index >= 15 is 0 Å². The van der Waals surface area contributed by atoms with Gasteiger partial charge in [0.2, 0.25) is 0 Å². The van der Waals surface area contributed by atoms with Crippen LogP contribution in [-0.4, -0.2) is 52.3 Å². The van der Waals surface area contributed by atoms with E-state index in [1.807, 2.05) is 38.1 Å². The Kier molecular flexibility index (Phi) is 4.47. The van der Waals surface area contributed by atoms with E-state index in [9.17, 15) is 19.8 Å². The van der Waals surface area contributed by atoms with E-state index in [4.69, 9.17) is 0 Å². The monoisotopic (exact) mass is 292 g/mol. The van der Waals surface area contributed by atoms with Crippen LogP contribution in [0.3, 0.4) is 0 Å². The number of benzene rings is 1. The predicted molar refractivity (Wildman–Crippen MR) is 78.3 cm³/mol. The maximum Gasteiger partial charge on any atom is 0.326 e. The highest BCUT2D eigenvalue weighted by atomic mass is 16.4. The molecule has 21 heavy (non-hydrogen) atoms. The van der Waals surface area contributed by atoms with Crippen molar-refractivity contribution in [2.24, 2.45) is 0 Å². The second-order valence-electron chi connectivity index (χ2n) is 5.26. The molecular formula is C15H20N2O4. The molecule has 2 atom stereocenters. The molecule has 1 aliphatic heterocycles. The lowest BCUT2D eigenvalue weighted by Crippen LogP contribution is -2.48. The Labute approximate surface area is 123 Å². The zero-order valence-corrected chi connectivity index (χ0v) is 12.2. The molecule has 0 spiro atoms. The molecule has 2 N–H and O–H groups in total. The summed E-state index contributed by atoms with van der Waals surface area (Å²) in [5.41, 5.74) is 1.81. The van der Waals surface area contributed by atoms with Crippen molar-refractivity contribution in [1.82, 2.24) is 4.90 Å². The standard InChI is InChI=1S/C15H20N2O4/c1-3-16(11-6-4-10(2)5-7-11)15(21)17-9-12(18)8-13(17)14(19)20/h4-7,12-13,18H,3,8-9H2,1-2H3,(H,19,20). The fourth-order valence-corrected chi connectivity index (χ4v) is 2.57. The first-order valence-corrected chi connectivity index (χ1v) is 6.99. The molecule has 1 aromatic carbocycles. The number of carbonyl (C=O) groups is 2. The van der Waals surface area contributed by atoms with Gasteiger partial charge in [0.1, 0.15) is 6.04 Å². The second kappa shape index (κ2) is 6.13. The van der Waals surface area contributed by atoms with Crippen LogP contribution in [0.2, 0.25) is 0 Å². The molecule has 0 radical (unpaired) electrons. The minimum absolute atomic E-state index is 0.0537. The van der Waals surface area contributed by atoms with Gasteiger partial charge in [-0.15, -0.1) is 0 Å². The molecule has 1 aromatic rings. The molecule has 2 amide bonds. The smallest absolute Gasteiger partial charge is 0.326 e. The lowest BCUT2D eigenvalue weighted by molar-refractivity contribution is -0.141. The molecule has 2 rings (SSSR count). The largest absolute Gasteiger partial charge is 0.480 e. The van der Waals surface area contributed by atoms with E-state index < -0.39 is 18.1 Å². The number of aliphatic carboxylic acids is 1. The van der Waals surface area contributed by atoms with Crippen molar-refractivity contribution in [2.75, 3.05) is 18.0 Å². The van der Waals surface area contributed by atoms with Gasteiger partial charge in [-0.2, -0.15) is 0 Å². The maximum atomic E-state index is 12.6. The van der Waals surface area contributed by atoms with Crippen LogP contribution in [0.15, 0.2) is 24.3 Å². The van der Waals surface area contributed by atoms with Gasteiger partial charge < -0.3 is 15.1 Å². The summed E-state index contributed by atoms with van der Waals surface area (Å²) < 4.78 is 0. The van der Waals surface area contributed by atoms with Gasteiger partial charge in [-0.3, -0.25) is 4.90 Å². The minimum atomic E-state index is -1.08. The number of aryl methyl sites for hydroxylation is 1. The van der Waals surface area contributed by atoms with Crippen LogP contribution in [0.5, 0.6) is 0 Å². The molecule has 114 valence electrons. The molecule has 1 heterocycles. The summed E-state index contributed by atoms with van der Waals surface area (Å²) in [5, 5.41) is 18.8. The van der Waals surface area contributed by atoms with Gasteiger partial charge in [-0.05, 0) is 26.0 Å². The number of likely N-dealkylation sites (tertiary alicyclic amines) is 1. The van der Waals surface area contributed by atoms with Gasteiger partial charge in [0.15, 0.2) is 0 Å². The molecule has 0 saturated carbocycles. The third-order valence-corrected chi connectivity index (χ3v) is 3.70. The quantitative estimate of drug-likeness (QED) is 0.883. The van der Waals surface area contributed by atoms with Crippen molar-refractivity contribution in [3.63, 3.8) is 0 Å². The van der Waals surface area contributed by atoms with Gasteiger partial charge in [0.05, 0.1) is 6.10 Å². The molecular weight excluding hydrogens is 272 g/mol. The third-order valence-electron chi connectivity index (χ3n) is 3.70. The number of β-amino-alcohol motifs (C(OH)–C–C–N with tert-alkyl or cyclic N) is 1. The number of hydrogen-bond acceptors (Lipinski definition) is 3. The van der Waals surface area contributed by atoms with Crippen molar-refractivity contribution in [3.8, 4) is 0 Å². The van der Waals surface area contributed by atoms with Gasteiger partial charge in [-0.25, -0.2) is 9.59 Å². The second-order valence-corrected chi connectivity index (χ2v) is 5.26.